The summed E-state index contributed by atoms with van der Waals surface area (Å²) in [6.07, 6.45) is 1.78. The predicted molar refractivity (Wildman–Crippen MR) is 103 cm³/mol. The van der Waals surface area contributed by atoms with Crippen molar-refractivity contribution in [3.63, 3.8) is 0 Å². The lowest BCUT2D eigenvalue weighted by atomic mass is 10.2. The Hall–Kier alpha value is -1.07. The second-order valence-electron chi connectivity index (χ2n) is 4.94. The summed E-state index contributed by atoms with van der Waals surface area (Å²) < 4.78 is 1.79. The minimum atomic E-state index is -2.12. The van der Waals surface area contributed by atoms with E-state index in [0.717, 1.165) is 21.5 Å². The molecule has 0 atom stereocenters. The lowest BCUT2D eigenvalue weighted by molar-refractivity contribution is 0.484. The molecule has 3 rings (SSSR count). The molecule has 124 valence electrons. The number of halogens is 2. The molecule has 1 heterocycles. The van der Waals surface area contributed by atoms with E-state index < -0.39 is 8.38 Å². The zero-order chi connectivity index (χ0) is 17.1. The topological polar surface area (TPSA) is 56.6 Å². The van der Waals surface area contributed by atoms with Gasteiger partial charge in [-0.1, -0.05) is 41.4 Å². The number of anilines is 1. The van der Waals surface area contributed by atoms with Gasteiger partial charge >= 0.3 is 0 Å². The molecule has 0 aliphatic rings. The van der Waals surface area contributed by atoms with Crippen molar-refractivity contribution in [2.75, 3.05) is 10.6 Å². The molecule has 0 spiro atoms. The standard InChI is InChI=1S/C16H13Cl2N2O2PS/c17-12-7-13(18)9-14(8-12)24-20(10-23(21)22)15-5-1-3-11-4-2-6-19-16(11)15/h1-9,21-22H,10H2. The Bertz CT molecular complexity index is 841. The number of rotatable bonds is 5. The molecule has 2 aromatic carbocycles. The van der Waals surface area contributed by atoms with Crippen LogP contribution in [0.25, 0.3) is 10.9 Å². The van der Waals surface area contributed by atoms with Gasteiger partial charge < -0.3 is 14.1 Å². The molecule has 2 N–H and O–H groups in total. The third-order valence-corrected chi connectivity index (χ3v) is 5.34. The van der Waals surface area contributed by atoms with Crippen LogP contribution in [0.15, 0.2) is 59.6 Å². The van der Waals surface area contributed by atoms with E-state index in [1.165, 1.54) is 11.9 Å². The van der Waals surface area contributed by atoms with Crippen LogP contribution in [0.3, 0.4) is 0 Å². The summed E-state index contributed by atoms with van der Waals surface area (Å²) in [5.41, 5.74) is 1.59. The van der Waals surface area contributed by atoms with E-state index in [1.54, 1.807) is 28.7 Å². The number of pyridine rings is 1. The van der Waals surface area contributed by atoms with Crippen LogP contribution in [0.1, 0.15) is 0 Å². The fourth-order valence-electron chi connectivity index (χ4n) is 2.27. The number of hydrogen-bond donors (Lipinski definition) is 2. The number of para-hydroxylation sites is 1. The number of nitrogens with zero attached hydrogens (tertiary/aromatic N) is 2. The molecule has 0 saturated carbocycles. The number of benzene rings is 2. The molecule has 8 heteroatoms. The lowest BCUT2D eigenvalue weighted by Gasteiger charge is -2.24. The van der Waals surface area contributed by atoms with Crippen LogP contribution in [0, 0.1) is 0 Å². The van der Waals surface area contributed by atoms with E-state index in [2.05, 4.69) is 4.98 Å². The van der Waals surface area contributed by atoms with E-state index in [1.807, 2.05) is 30.3 Å². The van der Waals surface area contributed by atoms with Gasteiger partial charge in [0.05, 0.1) is 17.5 Å². The Morgan fingerprint density at radius 2 is 1.75 bits per heavy atom. The molecule has 1 aromatic heterocycles. The summed E-state index contributed by atoms with van der Waals surface area (Å²) >= 11 is 13.4. The van der Waals surface area contributed by atoms with Crippen LogP contribution >= 0.6 is 43.5 Å². The van der Waals surface area contributed by atoms with Crippen LogP contribution in [0.4, 0.5) is 5.69 Å². The highest BCUT2D eigenvalue weighted by Gasteiger charge is 2.17. The summed E-state index contributed by atoms with van der Waals surface area (Å²) in [7, 11) is -2.12. The van der Waals surface area contributed by atoms with E-state index in [0.29, 0.717) is 10.0 Å². The van der Waals surface area contributed by atoms with E-state index in [4.69, 9.17) is 23.2 Å². The predicted octanol–water partition coefficient (Wildman–Crippen LogP) is 5.31. The second kappa shape index (κ2) is 7.87. The summed E-state index contributed by atoms with van der Waals surface area (Å²) in [4.78, 5) is 24.3. The third kappa shape index (κ3) is 4.31. The van der Waals surface area contributed by atoms with Crippen molar-refractivity contribution in [2.24, 2.45) is 0 Å². The average Bonchev–Trinajstić information content (AvgIpc) is 2.52. The minimum Gasteiger partial charge on any atom is -0.349 e. The molecule has 3 aromatic rings. The van der Waals surface area contributed by atoms with Gasteiger partial charge in [-0.05, 0) is 42.3 Å². The van der Waals surface area contributed by atoms with E-state index >= 15 is 0 Å². The molecule has 0 aliphatic carbocycles. The molecule has 0 aliphatic heterocycles. The highest BCUT2D eigenvalue weighted by molar-refractivity contribution is 8.01. The van der Waals surface area contributed by atoms with Crippen LogP contribution < -0.4 is 4.31 Å². The maximum absolute atomic E-state index is 9.54. The molecule has 0 saturated heterocycles. The maximum Gasteiger partial charge on any atom is 0.187 e. The summed E-state index contributed by atoms with van der Waals surface area (Å²) in [6, 6.07) is 14.8. The third-order valence-electron chi connectivity index (χ3n) is 3.19. The van der Waals surface area contributed by atoms with E-state index in [9.17, 15) is 9.79 Å². The van der Waals surface area contributed by atoms with Gasteiger partial charge in [-0.3, -0.25) is 4.98 Å². The molecule has 24 heavy (non-hydrogen) atoms. The SMILES string of the molecule is OP(O)CN(Sc1cc(Cl)cc(Cl)c1)c1cccc2cccnc12. The first-order valence-electron chi connectivity index (χ1n) is 6.93. The quantitative estimate of drug-likeness (QED) is 0.450. The minimum absolute atomic E-state index is 0.0693. The fourth-order valence-corrected chi connectivity index (χ4v) is 4.70. The van der Waals surface area contributed by atoms with Gasteiger partial charge in [0.25, 0.3) is 0 Å². The molecular formula is C16H13Cl2N2O2PS. The Labute approximate surface area is 155 Å². The molecule has 0 amide bonds. The fraction of sp³-hybridized carbons (Fsp3) is 0.0625. The number of fused-ring (bicyclic) bond motifs is 1. The Morgan fingerprint density at radius 3 is 2.46 bits per heavy atom. The number of hydrogen-bond acceptors (Lipinski definition) is 5. The van der Waals surface area contributed by atoms with Crippen LogP contribution in [0.2, 0.25) is 10.0 Å². The van der Waals surface area contributed by atoms with Crippen molar-refractivity contribution < 1.29 is 9.79 Å². The molecule has 4 nitrogen and oxygen atoms in total. The Kier molecular flexibility index (Phi) is 5.82. The van der Waals surface area contributed by atoms with Crippen molar-refractivity contribution in [3.05, 3.63) is 64.8 Å². The van der Waals surface area contributed by atoms with Gasteiger partial charge in [-0.2, -0.15) is 0 Å². The number of aromatic nitrogens is 1. The molecule has 0 fully saturated rings. The summed E-state index contributed by atoms with van der Waals surface area (Å²) in [6.45, 7) is 0. The first-order valence-corrected chi connectivity index (χ1v) is 9.90. The van der Waals surface area contributed by atoms with Gasteiger partial charge in [-0.25, -0.2) is 0 Å². The van der Waals surface area contributed by atoms with Crippen molar-refractivity contribution in [3.8, 4) is 0 Å². The normalized spacial score (nSPS) is 11.2. The first-order chi connectivity index (χ1) is 11.5. The molecule has 0 unspecified atom stereocenters. The van der Waals surface area contributed by atoms with Crippen molar-refractivity contribution >= 4 is 60.1 Å². The smallest absolute Gasteiger partial charge is 0.187 e. The molecule has 0 radical (unpaired) electrons. The van der Waals surface area contributed by atoms with Gasteiger partial charge in [0, 0.05) is 26.5 Å². The van der Waals surface area contributed by atoms with Crippen molar-refractivity contribution in [1.29, 1.82) is 0 Å². The van der Waals surface area contributed by atoms with Gasteiger partial charge in [0.15, 0.2) is 8.38 Å². The molecular weight excluding hydrogens is 386 g/mol. The monoisotopic (exact) mass is 398 g/mol. The Morgan fingerprint density at radius 1 is 1.04 bits per heavy atom. The van der Waals surface area contributed by atoms with E-state index in [-0.39, 0.29) is 6.29 Å². The van der Waals surface area contributed by atoms with Crippen molar-refractivity contribution in [1.82, 2.24) is 4.98 Å². The highest BCUT2D eigenvalue weighted by Crippen LogP contribution is 2.39. The summed E-state index contributed by atoms with van der Waals surface area (Å²) in [5.74, 6) is 0. The maximum atomic E-state index is 9.54. The average molecular weight is 399 g/mol. The van der Waals surface area contributed by atoms with Crippen LogP contribution in [0.5, 0.6) is 0 Å². The summed E-state index contributed by atoms with van der Waals surface area (Å²) in [5, 5.41) is 2.03. The van der Waals surface area contributed by atoms with Crippen molar-refractivity contribution in [2.45, 2.75) is 4.90 Å². The largest absolute Gasteiger partial charge is 0.349 e. The zero-order valence-electron chi connectivity index (χ0n) is 12.3. The van der Waals surface area contributed by atoms with Gasteiger partial charge in [0.2, 0.25) is 0 Å². The first kappa shape index (κ1) is 17.7. The molecule has 0 bridgehead atoms. The lowest BCUT2D eigenvalue weighted by Crippen LogP contribution is -2.15. The van der Waals surface area contributed by atoms with Crippen LogP contribution in [-0.4, -0.2) is 21.1 Å². The highest BCUT2D eigenvalue weighted by atomic mass is 35.5. The zero-order valence-corrected chi connectivity index (χ0v) is 15.5. The van der Waals surface area contributed by atoms with Gasteiger partial charge in [-0.15, -0.1) is 0 Å². The second-order valence-corrected chi connectivity index (χ2v) is 7.94. The Balaban J connectivity index is 2.02. The van der Waals surface area contributed by atoms with Crippen LogP contribution in [-0.2, 0) is 0 Å². The van der Waals surface area contributed by atoms with Gasteiger partial charge in [0.1, 0.15) is 0 Å².